The van der Waals surface area contributed by atoms with Crippen LogP contribution in [0.5, 0.6) is 5.75 Å². The predicted octanol–water partition coefficient (Wildman–Crippen LogP) is 2.26. The molecule has 1 unspecified atom stereocenters. The number of nitro groups is 1. The summed E-state index contributed by atoms with van der Waals surface area (Å²) < 4.78 is 39.2. The molecule has 162 valence electrons. The van der Waals surface area contributed by atoms with Crippen molar-refractivity contribution in [2.75, 3.05) is 40.0 Å². The molecule has 0 amide bonds. The van der Waals surface area contributed by atoms with Crippen LogP contribution >= 0.6 is 0 Å². The van der Waals surface area contributed by atoms with E-state index in [2.05, 4.69) is 9.62 Å². The monoisotopic (exact) mass is 435 g/mol. The third-order valence-corrected chi connectivity index (χ3v) is 6.76. The number of nitro benzene ring substituents is 1. The molecular formula is C20H25N3O6S. The normalized spacial score (nSPS) is 16.2. The fourth-order valence-corrected chi connectivity index (χ4v) is 4.83. The lowest BCUT2D eigenvalue weighted by Crippen LogP contribution is -2.43. The highest BCUT2D eigenvalue weighted by Crippen LogP contribution is 2.27. The topological polar surface area (TPSA) is 111 Å². The molecule has 0 spiro atoms. The first kappa shape index (κ1) is 22.2. The Kier molecular flexibility index (Phi) is 7.03. The average Bonchev–Trinajstić information content (AvgIpc) is 2.75. The fourth-order valence-electron chi connectivity index (χ4n) is 3.53. The van der Waals surface area contributed by atoms with Crippen LogP contribution in [0.15, 0.2) is 47.4 Å². The largest absolute Gasteiger partial charge is 0.497 e. The van der Waals surface area contributed by atoms with Crippen molar-refractivity contribution in [3.63, 3.8) is 0 Å². The summed E-state index contributed by atoms with van der Waals surface area (Å²) in [4.78, 5) is 12.7. The molecule has 0 aliphatic carbocycles. The second-order valence-corrected chi connectivity index (χ2v) is 8.68. The van der Waals surface area contributed by atoms with Crippen molar-refractivity contribution in [3.05, 3.63) is 63.7 Å². The lowest BCUT2D eigenvalue weighted by molar-refractivity contribution is -0.385. The first-order valence-corrected chi connectivity index (χ1v) is 11.0. The van der Waals surface area contributed by atoms with Crippen LogP contribution in [0.25, 0.3) is 0 Å². The first-order valence-electron chi connectivity index (χ1n) is 9.53. The summed E-state index contributed by atoms with van der Waals surface area (Å²) in [5, 5.41) is 11.2. The zero-order valence-electron chi connectivity index (χ0n) is 16.9. The van der Waals surface area contributed by atoms with Crippen LogP contribution in [-0.2, 0) is 14.8 Å². The standard InChI is InChI=1S/C20H25N3O6S/c1-15-18(23(24)25)4-3-5-20(15)30(26,27)21-14-19(22-10-12-29-13-11-22)16-6-8-17(28-2)9-7-16/h3-9,19,21H,10-14H2,1-2H3. The van der Waals surface area contributed by atoms with E-state index in [0.717, 1.165) is 5.56 Å². The summed E-state index contributed by atoms with van der Waals surface area (Å²) in [7, 11) is -2.35. The van der Waals surface area contributed by atoms with E-state index in [9.17, 15) is 18.5 Å². The smallest absolute Gasteiger partial charge is 0.273 e. The summed E-state index contributed by atoms with van der Waals surface area (Å²) in [5.41, 5.74) is 0.830. The van der Waals surface area contributed by atoms with E-state index in [1.165, 1.54) is 25.1 Å². The minimum Gasteiger partial charge on any atom is -0.497 e. The van der Waals surface area contributed by atoms with Gasteiger partial charge < -0.3 is 9.47 Å². The van der Waals surface area contributed by atoms with Crippen molar-refractivity contribution in [1.82, 2.24) is 9.62 Å². The molecule has 3 rings (SSSR count). The van der Waals surface area contributed by atoms with Gasteiger partial charge in [-0.05, 0) is 30.7 Å². The quantitative estimate of drug-likeness (QED) is 0.500. The zero-order chi connectivity index (χ0) is 21.7. The van der Waals surface area contributed by atoms with Gasteiger partial charge in [-0.15, -0.1) is 0 Å². The van der Waals surface area contributed by atoms with Gasteiger partial charge in [0.05, 0.1) is 30.1 Å². The fraction of sp³-hybridized carbons (Fsp3) is 0.400. The molecule has 1 aliphatic heterocycles. The Bertz CT molecular complexity index is 988. The van der Waals surface area contributed by atoms with Crippen LogP contribution in [0, 0.1) is 17.0 Å². The van der Waals surface area contributed by atoms with Gasteiger partial charge >= 0.3 is 0 Å². The van der Waals surface area contributed by atoms with Gasteiger partial charge in [-0.1, -0.05) is 18.2 Å². The maximum atomic E-state index is 12.9. The van der Waals surface area contributed by atoms with Gasteiger partial charge in [-0.3, -0.25) is 15.0 Å². The highest BCUT2D eigenvalue weighted by molar-refractivity contribution is 7.89. The zero-order valence-corrected chi connectivity index (χ0v) is 17.7. The van der Waals surface area contributed by atoms with Crippen molar-refractivity contribution in [2.45, 2.75) is 17.9 Å². The molecule has 2 aromatic rings. The Morgan fingerprint density at radius 3 is 2.47 bits per heavy atom. The van der Waals surface area contributed by atoms with Crippen molar-refractivity contribution >= 4 is 15.7 Å². The Morgan fingerprint density at radius 2 is 1.87 bits per heavy atom. The van der Waals surface area contributed by atoms with Gasteiger partial charge in [0, 0.05) is 37.3 Å². The Hall–Kier alpha value is -2.53. The number of hydrogen-bond acceptors (Lipinski definition) is 7. The molecule has 0 aromatic heterocycles. The van der Waals surface area contributed by atoms with Gasteiger partial charge in [-0.25, -0.2) is 13.1 Å². The molecule has 1 saturated heterocycles. The number of hydrogen-bond donors (Lipinski definition) is 1. The molecule has 1 atom stereocenters. The minimum atomic E-state index is -3.94. The van der Waals surface area contributed by atoms with E-state index in [1.807, 2.05) is 24.3 Å². The summed E-state index contributed by atoms with van der Waals surface area (Å²) in [6, 6.07) is 11.3. The van der Waals surface area contributed by atoms with Gasteiger partial charge in [-0.2, -0.15) is 0 Å². The first-order chi connectivity index (χ1) is 14.3. The number of methoxy groups -OCH3 is 1. The molecule has 9 nitrogen and oxygen atoms in total. The molecule has 2 aromatic carbocycles. The van der Waals surface area contributed by atoms with E-state index in [0.29, 0.717) is 32.1 Å². The third-order valence-electron chi connectivity index (χ3n) is 5.20. The highest BCUT2D eigenvalue weighted by Gasteiger charge is 2.27. The molecule has 0 bridgehead atoms. The number of nitrogens with zero attached hydrogens (tertiary/aromatic N) is 2. The van der Waals surface area contributed by atoms with Gasteiger partial charge in [0.15, 0.2) is 0 Å². The predicted molar refractivity (Wildman–Crippen MR) is 111 cm³/mol. The molecule has 10 heteroatoms. The highest BCUT2D eigenvalue weighted by atomic mass is 32.2. The lowest BCUT2D eigenvalue weighted by Gasteiger charge is -2.35. The molecule has 0 saturated carbocycles. The lowest BCUT2D eigenvalue weighted by atomic mass is 10.0. The number of nitrogens with one attached hydrogen (secondary N) is 1. The molecular weight excluding hydrogens is 410 g/mol. The van der Waals surface area contributed by atoms with Crippen LogP contribution in [0.4, 0.5) is 5.69 Å². The molecule has 1 fully saturated rings. The Morgan fingerprint density at radius 1 is 1.20 bits per heavy atom. The number of ether oxygens (including phenoxy) is 2. The van der Waals surface area contributed by atoms with E-state index >= 15 is 0 Å². The van der Waals surface area contributed by atoms with E-state index in [4.69, 9.17) is 9.47 Å². The van der Waals surface area contributed by atoms with E-state index < -0.39 is 14.9 Å². The van der Waals surface area contributed by atoms with Crippen LogP contribution in [0.1, 0.15) is 17.2 Å². The van der Waals surface area contributed by atoms with Crippen molar-refractivity contribution in [1.29, 1.82) is 0 Å². The number of sulfonamides is 1. The third kappa shape index (κ3) is 4.96. The van der Waals surface area contributed by atoms with Crippen LogP contribution in [0.2, 0.25) is 0 Å². The molecule has 1 aliphatic rings. The van der Waals surface area contributed by atoms with Gasteiger partial charge in [0.25, 0.3) is 5.69 Å². The van der Waals surface area contributed by atoms with Crippen molar-refractivity contribution < 1.29 is 22.8 Å². The summed E-state index contributed by atoms with van der Waals surface area (Å²) in [6.45, 7) is 4.06. The number of morpholine rings is 1. The SMILES string of the molecule is COc1ccc(C(CNS(=O)(=O)c2cccc([N+](=O)[O-])c2C)N2CCOCC2)cc1. The van der Waals surface area contributed by atoms with Crippen LogP contribution in [-0.4, -0.2) is 58.2 Å². The average molecular weight is 436 g/mol. The van der Waals surface area contributed by atoms with Gasteiger partial charge in [0.2, 0.25) is 10.0 Å². The van der Waals surface area contributed by atoms with Crippen LogP contribution < -0.4 is 9.46 Å². The minimum absolute atomic E-state index is 0.0906. The maximum absolute atomic E-state index is 12.9. The molecule has 1 N–H and O–H groups in total. The summed E-state index contributed by atoms with van der Waals surface area (Å²) in [5.74, 6) is 0.715. The molecule has 30 heavy (non-hydrogen) atoms. The van der Waals surface area contributed by atoms with E-state index in [-0.39, 0.29) is 28.7 Å². The van der Waals surface area contributed by atoms with Crippen LogP contribution in [0.3, 0.4) is 0 Å². The second kappa shape index (κ2) is 9.52. The van der Waals surface area contributed by atoms with Crippen molar-refractivity contribution in [3.8, 4) is 5.75 Å². The number of rotatable bonds is 8. The second-order valence-electron chi connectivity index (χ2n) is 6.95. The maximum Gasteiger partial charge on any atom is 0.273 e. The Labute approximate surface area is 175 Å². The Balaban J connectivity index is 1.85. The van der Waals surface area contributed by atoms with Crippen molar-refractivity contribution in [2.24, 2.45) is 0 Å². The number of benzene rings is 2. The summed E-state index contributed by atoms with van der Waals surface area (Å²) in [6.07, 6.45) is 0. The van der Waals surface area contributed by atoms with Gasteiger partial charge in [0.1, 0.15) is 5.75 Å². The van der Waals surface area contributed by atoms with E-state index in [1.54, 1.807) is 7.11 Å². The molecule has 1 heterocycles. The summed E-state index contributed by atoms with van der Waals surface area (Å²) >= 11 is 0. The molecule has 0 radical (unpaired) electrons.